The lowest BCUT2D eigenvalue weighted by molar-refractivity contribution is -0.140. The fourth-order valence-electron chi connectivity index (χ4n) is 7.28. The molecule has 3 fully saturated rings. The van der Waals surface area contributed by atoms with Crippen LogP contribution in [0.1, 0.15) is 71.6 Å². The van der Waals surface area contributed by atoms with Gasteiger partial charge in [0.2, 0.25) is 21.8 Å². The monoisotopic (exact) mass is 702 g/mol. The smallest absolute Gasteiger partial charge is 0.297 e. The second-order valence-corrected chi connectivity index (χ2v) is 16.6. The van der Waals surface area contributed by atoms with Gasteiger partial charge in [-0.05, 0) is 76.6 Å². The molecule has 3 heterocycles. The number of imidazole rings is 1. The molecule has 2 saturated carbocycles. The van der Waals surface area contributed by atoms with E-state index >= 15 is 0 Å². The van der Waals surface area contributed by atoms with Crippen molar-refractivity contribution in [2.45, 2.75) is 107 Å². The molecule has 1 saturated heterocycles. The minimum Gasteiger partial charge on any atom is -0.459 e. The second kappa shape index (κ2) is 13.4. The number of carbonyl (C=O) groups excluding carboxylic acids is 3. The molecule has 3 aromatic rings. The van der Waals surface area contributed by atoms with Gasteiger partial charge in [0.25, 0.3) is 11.9 Å². The number of fused-ring (bicyclic) bond motifs is 3. The maximum absolute atomic E-state index is 14.5. The van der Waals surface area contributed by atoms with E-state index in [4.69, 9.17) is 9.72 Å². The van der Waals surface area contributed by atoms with Gasteiger partial charge in [-0.25, -0.2) is 8.42 Å². The van der Waals surface area contributed by atoms with Crippen LogP contribution in [0, 0.1) is 5.92 Å². The highest BCUT2D eigenvalue weighted by Gasteiger charge is 2.63. The first kappa shape index (κ1) is 34.1. The summed E-state index contributed by atoms with van der Waals surface area (Å²) in [5.41, 5.74) is 1.08. The quantitative estimate of drug-likeness (QED) is 0.295. The molecule has 0 unspecified atom stereocenters. The van der Waals surface area contributed by atoms with Crippen LogP contribution in [0.2, 0.25) is 0 Å². The molecule has 3 amide bonds. The van der Waals surface area contributed by atoms with Gasteiger partial charge in [-0.1, -0.05) is 55.3 Å². The zero-order valence-electron chi connectivity index (χ0n) is 28.6. The van der Waals surface area contributed by atoms with E-state index in [9.17, 15) is 22.8 Å². The first-order valence-corrected chi connectivity index (χ1v) is 19.3. The average Bonchev–Trinajstić information content (AvgIpc) is 3.93. The second-order valence-electron chi connectivity index (χ2n) is 14.4. The van der Waals surface area contributed by atoms with E-state index in [1.165, 1.54) is 0 Å². The normalized spacial score (nSPS) is 28.7. The number of carbonyl (C=O) groups is 3. The third-order valence-corrected chi connectivity index (χ3v) is 13.0. The number of nitrogens with one attached hydrogen (secondary N) is 3. The molecule has 3 N–H and O–H groups in total. The molecule has 7 rings (SSSR count). The SMILES string of the molecule is CCn1c(O[C@@H]2C[C@H]3C(=O)N[C@]4(C(=O)NS(=O)(=O)C5(C)CC5)C[C@@H]4/C=C\CCCCC[C@H](Nc4ccccc4)C(=O)N3C2)nc2ccccc21. The van der Waals surface area contributed by atoms with Crippen molar-refractivity contribution < 1.29 is 27.5 Å². The van der Waals surface area contributed by atoms with Crippen molar-refractivity contribution in [2.75, 3.05) is 11.9 Å². The average molecular weight is 703 g/mol. The summed E-state index contributed by atoms with van der Waals surface area (Å²) < 4.78 is 36.0. The number of amides is 3. The Kier molecular flexibility index (Phi) is 9.12. The Morgan fingerprint density at radius 2 is 1.82 bits per heavy atom. The Balaban J connectivity index is 1.20. The Hall–Kier alpha value is -4.39. The molecule has 266 valence electrons. The molecule has 0 bridgehead atoms. The van der Waals surface area contributed by atoms with Crippen LogP contribution in [0.5, 0.6) is 6.01 Å². The number of aryl methyl sites for hydroxylation is 1. The standard InChI is InChI=1S/C37H46N6O6S/c1-3-42-30-19-13-12-17-28(30)39-35(42)49-27-22-31-32(44)40-37(34(46)41-50(47,48)36(2)20-21-36)23-25(37)14-8-5-4-6-11-18-29(33(45)43(31)24-27)38-26-15-9-7-10-16-26/h7-10,12-17,19,25,27,29,31,38H,3-6,11,18,20-24H2,1-2H3,(H,40,44)(H,41,46)/b14-8-/t25-,27+,29-,31-,37+/m0/s1. The Bertz CT molecular complexity index is 1910. The zero-order chi connectivity index (χ0) is 35.1. The number of allylic oxidation sites excluding steroid dienone is 1. The summed E-state index contributed by atoms with van der Waals surface area (Å²) in [5, 5.41) is 6.37. The lowest BCUT2D eigenvalue weighted by atomic mass is 10.0. The van der Waals surface area contributed by atoms with E-state index in [-0.39, 0.29) is 31.2 Å². The van der Waals surface area contributed by atoms with Gasteiger partial charge >= 0.3 is 0 Å². The third-order valence-electron chi connectivity index (χ3n) is 10.8. The lowest BCUT2D eigenvalue weighted by Crippen LogP contribution is -2.58. The van der Waals surface area contributed by atoms with Gasteiger partial charge in [-0.3, -0.25) is 23.7 Å². The van der Waals surface area contributed by atoms with Gasteiger partial charge in [-0.2, -0.15) is 4.98 Å². The van der Waals surface area contributed by atoms with Gasteiger partial charge in [0.15, 0.2) is 0 Å². The summed E-state index contributed by atoms with van der Waals surface area (Å²) in [6.07, 6.45) is 8.73. The predicted molar refractivity (Wildman–Crippen MR) is 190 cm³/mol. The van der Waals surface area contributed by atoms with Crippen molar-refractivity contribution in [3.63, 3.8) is 0 Å². The summed E-state index contributed by atoms with van der Waals surface area (Å²) in [5.74, 6) is -1.84. The molecule has 50 heavy (non-hydrogen) atoms. The molecular weight excluding hydrogens is 657 g/mol. The van der Waals surface area contributed by atoms with Crippen molar-refractivity contribution in [3.05, 3.63) is 66.7 Å². The summed E-state index contributed by atoms with van der Waals surface area (Å²) in [7, 11) is -3.93. The highest BCUT2D eigenvalue weighted by atomic mass is 32.2. The lowest BCUT2D eigenvalue weighted by Gasteiger charge is -2.30. The first-order valence-electron chi connectivity index (χ1n) is 17.8. The van der Waals surface area contributed by atoms with Gasteiger partial charge in [0, 0.05) is 24.6 Å². The maximum atomic E-state index is 14.5. The molecule has 2 aliphatic heterocycles. The number of sulfonamides is 1. The van der Waals surface area contributed by atoms with E-state index in [0.717, 1.165) is 42.4 Å². The molecule has 0 spiro atoms. The highest BCUT2D eigenvalue weighted by molar-refractivity contribution is 7.91. The number of nitrogens with zero attached hydrogens (tertiary/aromatic N) is 3. The Labute approximate surface area is 293 Å². The topological polar surface area (TPSA) is 152 Å². The minimum absolute atomic E-state index is 0.145. The zero-order valence-corrected chi connectivity index (χ0v) is 29.5. The van der Waals surface area contributed by atoms with Crippen LogP contribution >= 0.6 is 0 Å². The minimum atomic E-state index is -3.93. The molecule has 12 nitrogen and oxygen atoms in total. The van der Waals surface area contributed by atoms with Crippen LogP contribution in [0.15, 0.2) is 66.7 Å². The van der Waals surface area contributed by atoms with Crippen LogP contribution in [0.25, 0.3) is 11.0 Å². The van der Waals surface area contributed by atoms with Crippen LogP contribution in [-0.4, -0.2) is 75.6 Å². The van der Waals surface area contributed by atoms with Gasteiger partial charge in [0.1, 0.15) is 23.7 Å². The van der Waals surface area contributed by atoms with Crippen molar-refractivity contribution in [1.29, 1.82) is 0 Å². The van der Waals surface area contributed by atoms with Crippen molar-refractivity contribution in [3.8, 4) is 6.01 Å². The maximum Gasteiger partial charge on any atom is 0.297 e. The number of rotatable bonds is 8. The Morgan fingerprint density at radius 3 is 2.58 bits per heavy atom. The summed E-state index contributed by atoms with van der Waals surface area (Å²) in [6, 6.07) is 16.2. The van der Waals surface area contributed by atoms with E-state index in [1.54, 1.807) is 11.8 Å². The summed E-state index contributed by atoms with van der Waals surface area (Å²) in [6.45, 7) is 4.39. The molecule has 2 aromatic carbocycles. The molecule has 0 radical (unpaired) electrons. The van der Waals surface area contributed by atoms with Crippen LogP contribution < -0.4 is 20.1 Å². The van der Waals surface area contributed by atoms with Gasteiger partial charge in [0.05, 0.1) is 22.3 Å². The van der Waals surface area contributed by atoms with Crippen molar-refractivity contribution in [1.82, 2.24) is 24.5 Å². The number of hydrogen-bond donors (Lipinski definition) is 3. The number of benzene rings is 2. The van der Waals surface area contributed by atoms with E-state index in [2.05, 4.69) is 15.4 Å². The number of anilines is 1. The number of aromatic nitrogens is 2. The van der Waals surface area contributed by atoms with Crippen LogP contribution in [0.3, 0.4) is 0 Å². The Morgan fingerprint density at radius 1 is 1.06 bits per heavy atom. The molecule has 5 atom stereocenters. The third kappa shape index (κ3) is 6.59. The van der Waals surface area contributed by atoms with E-state index < -0.39 is 50.3 Å². The molecule has 1 aromatic heterocycles. The number of para-hydroxylation sites is 3. The van der Waals surface area contributed by atoms with Crippen molar-refractivity contribution >= 4 is 44.5 Å². The van der Waals surface area contributed by atoms with E-state index in [0.29, 0.717) is 31.8 Å². The number of ether oxygens (including phenoxy) is 1. The number of hydrogen-bond acceptors (Lipinski definition) is 8. The van der Waals surface area contributed by atoms with E-state index in [1.807, 2.05) is 78.2 Å². The molecule has 2 aliphatic carbocycles. The van der Waals surface area contributed by atoms with Crippen LogP contribution in [0.4, 0.5) is 5.69 Å². The highest BCUT2D eigenvalue weighted by Crippen LogP contribution is 2.47. The van der Waals surface area contributed by atoms with Gasteiger partial charge in [-0.15, -0.1) is 0 Å². The summed E-state index contributed by atoms with van der Waals surface area (Å²) >= 11 is 0. The molecular formula is C37H46N6O6S. The van der Waals surface area contributed by atoms with Gasteiger partial charge < -0.3 is 20.3 Å². The molecule has 13 heteroatoms. The molecule has 4 aliphatic rings. The largest absolute Gasteiger partial charge is 0.459 e. The van der Waals surface area contributed by atoms with Crippen molar-refractivity contribution in [2.24, 2.45) is 5.92 Å². The fourth-order valence-corrected chi connectivity index (χ4v) is 8.59. The predicted octanol–water partition coefficient (Wildman–Crippen LogP) is 4.28. The first-order chi connectivity index (χ1) is 24.0. The summed E-state index contributed by atoms with van der Waals surface area (Å²) in [4.78, 5) is 49.0. The van der Waals surface area contributed by atoms with Crippen LogP contribution in [-0.2, 0) is 31.0 Å². The fraction of sp³-hybridized carbons (Fsp3) is 0.514.